The molecule has 0 spiro atoms. The molecule has 1 aliphatic heterocycles. The van der Waals surface area contributed by atoms with Gasteiger partial charge < -0.3 is 5.32 Å². The second kappa shape index (κ2) is 4.05. The quantitative estimate of drug-likeness (QED) is 0.750. The minimum atomic E-state index is 0.913. The van der Waals surface area contributed by atoms with E-state index in [-0.39, 0.29) is 0 Å². The molecule has 3 fully saturated rings. The van der Waals surface area contributed by atoms with E-state index >= 15 is 0 Å². The molecule has 1 nitrogen and oxygen atoms in total. The molecule has 1 heterocycles. The van der Waals surface area contributed by atoms with Crippen LogP contribution in [0.15, 0.2) is 0 Å². The largest absolute Gasteiger partial charge is 0.312 e. The highest BCUT2D eigenvalue weighted by molar-refractivity contribution is 8.00. The van der Waals surface area contributed by atoms with Crippen molar-refractivity contribution in [2.24, 2.45) is 11.8 Å². The average Bonchev–Trinajstić information content (AvgIpc) is 3.09. The molecule has 0 radical (unpaired) electrons. The monoisotopic (exact) mass is 211 g/mol. The minimum Gasteiger partial charge on any atom is -0.312 e. The average molecular weight is 211 g/mol. The Morgan fingerprint density at radius 2 is 1.79 bits per heavy atom. The maximum atomic E-state index is 3.86. The molecule has 80 valence electrons. The Morgan fingerprint density at radius 1 is 1.07 bits per heavy atom. The summed E-state index contributed by atoms with van der Waals surface area (Å²) in [4.78, 5) is 0. The van der Waals surface area contributed by atoms with Gasteiger partial charge in [0.1, 0.15) is 0 Å². The first kappa shape index (κ1) is 9.53. The van der Waals surface area contributed by atoms with Gasteiger partial charge in [-0.1, -0.05) is 0 Å². The Labute approximate surface area is 91.4 Å². The Balaban J connectivity index is 1.44. The van der Waals surface area contributed by atoms with Gasteiger partial charge in [-0.25, -0.2) is 0 Å². The fraction of sp³-hybridized carbons (Fsp3) is 1.00. The predicted octanol–water partition coefficient (Wildman–Crippen LogP) is 2.66. The van der Waals surface area contributed by atoms with E-state index in [2.05, 4.69) is 17.1 Å². The second-order valence-corrected chi connectivity index (χ2v) is 6.65. The van der Waals surface area contributed by atoms with E-state index < -0.39 is 0 Å². The van der Waals surface area contributed by atoms with Crippen molar-refractivity contribution in [2.45, 2.75) is 49.8 Å². The highest BCUT2D eigenvalue weighted by Gasteiger charge is 2.41. The molecular weight excluding hydrogens is 190 g/mol. The predicted molar refractivity (Wildman–Crippen MR) is 62.7 cm³/mol. The zero-order valence-corrected chi connectivity index (χ0v) is 9.69. The van der Waals surface area contributed by atoms with E-state index in [0.29, 0.717) is 0 Å². The minimum absolute atomic E-state index is 0.913. The normalized spacial score (nSPS) is 32.8. The zero-order valence-electron chi connectivity index (χ0n) is 8.87. The number of rotatable bonds is 5. The molecule has 0 bridgehead atoms. The lowest BCUT2D eigenvalue weighted by Crippen LogP contribution is -2.37. The smallest absolute Gasteiger partial charge is 0.0172 e. The molecule has 2 saturated carbocycles. The van der Waals surface area contributed by atoms with Crippen molar-refractivity contribution in [3.8, 4) is 0 Å². The number of hydrogen-bond acceptors (Lipinski definition) is 2. The fourth-order valence-corrected chi connectivity index (χ4v) is 3.92. The van der Waals surface area contributed by atoms with Gasteiger partial charge in [0.2, 0.25) is 0 Å². The summed E-state index contributed by atoms with van der Waals surface area (Å²) in [5.74, 6) is 3.53. The van der Waals surface area contributed by atoms with Crippen LogP contribution >= 0.6 is 11.8 Å². The molecule has 2 heteroatoms. The summed E-state index contributed by atoms with van der Waals surface area (Å²) in [5.41, 5.74) is 0. The zero-order chi connectivity index (χ0) is 9.38. The molecule has 0 aromatic rings. The molecule has 1 unspecified atom stereocenters. The number of nitrogens with one attached hydrogen (secondary N) is 1. The third-order valence-corrected chi connectivity index (χ3v) is 5.26. The van der Waals surface area contributed by atoms with Crippen molar-refractivity contribution >= 4 is 11.8 Å². The maximum absolute atomic E-state index is 3.86. The Morgan fingerprint density at radius 3 is 2.29 bits per heavy atom. The molecule has 1 atom stereocenters. The standard InChI is InChI=1S/C12H21NS/c1-2-11(14-7-1)8-13-12(9-3-4-9)10-5-6-10/h9-13H,1-8H2. The first-order valence-corrected chi connectivity index (χ1v) is 7.33. The molecule has 0 aromatic carbocycles. The highest BCUT2D eigenvalue weighted by Crippen LogP contribution is 2.44. The van der Waals surface area contributed by atoms with Gasteiger partial charge in [0.05, 0.1) is 0 Å². The Hall–Kier alpha value is 0.310. The lowest BCUT2D eigenvalue weighted by molar-refractivity contribution is 0.416. The van der Waals surface area contributed by atoms with Crippen molar-refractivity contribution < 1.29 is 0 Å². The van der Waals surface area contributed by atoms with E-state index in [1.54, 1.807) is 0 Å². The SMILES string of the molecule is C1CSC(CNC(C2CC2)C2CC2)C1. The molecule has 1 N–H and O–H groups in total. The van der Waals surface area contributed by atoms with Crippen LogP contribution in [0.25, 0.3) is 0 Å². The van der Waals surface area contributed by atoms with Crippen LogP contribution in [-0.2, 0) is 0 Å². The van der Waals surface area contributed by atoms with Gasteiger partial charge in [-0.2, -0.15) is 11.8 Å². The molecular formula is C12H21NS. The lowest BCUT2D eigenvalue weighted by atomic mass is 10.1. The molecule has 0 aromatic heterocycles. The summed E-state index contributed by atoms with van der Waals surface area (Å²) < 4.78 is 0. The molecule has 2 aliphatic carbocycles. The van der Waals surface area contributed by atoms with E-state index in [4.69, 9.17) is 0 Å². The van der Waals surface area contributed by atoms with Crippen LogP contribution in [-0.4, -0.2) is 23.6 Å². The van der Waals surface area contributed by atoms with Gasteiger partial charge in [-0.15, -0.1) is 0 Å². The van der Waals surface area contributed by atoms with Gasteiger partial charge in [-0.3, -0.25) is 0 Å². The van der Waals surface area contributed by atoms with E-state index in [9.17, 15) is 0 Å². The van der Waals surface area contributed by atoms with Gasteiger partial charge in [0.25, 0.3) is 0 Å². The van der Waals surface area contributed by atoms with Crippen molar-refractivity contribution in [3.05, 3.63) is 0 Å². The van der Waals surface area contributed by atoms with Crippen LogP contribution in [0, 0.1) is 11.8 Å². The second-order valence-electron chi connectivity index (χ2n) is 5.24. The van der Waals surface area contributed by atoms with Gasteiger partial charge in [0.15, 0.2) is 0 Å². The van der Waals surface area contributed by atoms with Gasteiger partial charge >= 0.3 is 0 Å². The van der Waals surface area contributed by atoms with E-state index in [1.165, 1.54) is 50.8 Å². The number of thioether (sulfide) groups is 1. The Kier molecular flexibility index (Phi) is 2.76. The molecule has 14 heavy (non-hydrogen) atoms. The van der Waals surface area contributed by atoms with Crippen molar-refractivity contribution in [1.29, 1.82) is 0 Å². The highest BCUT2D eigenvalue weighted by atomic mass is 32.2. The van der Waals surface area contributed by atoms with Crippen LogP contribution < -0.4 is 5.32 Å². The molecule has 1 saturated heterocycles. The molecule has 3 rings (SSSR count). The van der Waals surface area contributed by atoms with Gasteiger partial charge in [-0.05, 0) is 56.1 Å². The van der Waals surface area contributed by atoms with E-state index in [0.717, 1.165) is 23.1 Å². The summed E-state index contributed by atoms with van der Waals surface area (Å²) in [7, 11) is 0. The first-order chi connectivity index (χ1) is 6.93. The van der Waals surface area contributed by atoms with Crippen molar-refractivity contribution in [3.63, 3.8) is 0 Å². The van der Waals surface area contributed by atoms with Gasteiger partial charge in [0, 0.05) is 17.8 Å². The van der Waals surface area contributed by atoms with E-state index in [1.807, 2.05) is 0 Å². The fourth-order valence-electron chi connectivity index (χ4n) is 2.70. The van der Waals surface area contributed by atoms with Crippen LogP contribution in [0.1, 0.15) is 38.5 Å². The van der Waals surface area contributed by atoms with Crippen molar-refractivity contribution in [2.75, 3.05) is 12.3 Å². The van der Waals surface area contributed by atoms with Crippen molar-refractivity contribution in [1.82, 2.24) is 5.32 Å². The summed E-state index contributed by atoms with van der Waals surface area (Å²) in [6.07, 6.45) is 8.93. The van der Waals surface area contributed by atoms with Crippen LogP contribution in [0.2, 0.25) is 0 Å². The lowest BCUT2D eigenvalue weighted by Gasteiger charge is -2.19. The Bertz CT molecular complexity index is 180. The molecule has 0 amide bonds. The van der Waals surface area contributed by atoms with Crippen LogP contribution in [0.5, 0.6) is 0 Å². The maximum Gasteiger partial charge on any atom is 0.0172 e. The summed E-state index contributed by atoms with van der Waals surface area (Å²) >= 11 is 2.19. The third kappa shape index (κ3) is 2.27. The summed E-state index contributed by atoms with van der Waals surface area (Å²) in [6.45, 7) is 1.29. The topological polar surface area (TPSA) is 12.0 Å². The first-order valence-electron chi connectivity index (χ1n) is 6.28. The van der Waals surface area contributed by atoms with Crippen LogP contribution in [0.3, 0.4) is 0 Å². The summed E-state index contributed by atoms with van der Waals surface area (Å²) in [6, 6.07) is 0.913. The molecule has 3 aliphatic rings. The third-order valence-electron chi connectivity index (χ3n) is 3.86. The number of hydrogen-bond donors (Lipinski definition) is 1. The van der Waals surface area contributed by atoms with Crippen LogP contribution in [0.4, 0.5) is 0 Å². The summed E-state index contributed by atoms with van der Waals surface area (Å²) in [5, 5.41) is 4.80.